The summed E-state index contributed by atoms with van der Waals surface area (Å²) in [6.45, 7) is 3.85. The molecular weight excluding hydrogens is 228 g/mol. The number of fused-ring (bicyclic) bond motifs is 1. The number of carbonyl (C=O) groups excluding carboxylic acids is 1. The van der Waals surface area contributed by atoms with E-state index in [1.165, 1.54) is 5.56 Å². The van der Waals surface area contributed by atoms with Crippen LogP contribution in [0.15, 0.2) is 34.9 Å². The summed E-state index contributed by atoms with van der Waals surface area (Å²) in [4.78, 5) is 14.2. The zero-order chi connectivity index (χ0) is 12.7. The Bertz CT molecular complexity index is 603. The SMILES string of the molecule is Cc1cc(C(=O)N2c3ccccc3CC2C)on1. The first-order valence-corrected chi connectivity index (χ1v) is 6.01. The molecule has 0 saturated carbocycles. The number of amides is 1. The van der Waals surface area contributed by atoms with Crippen LogP contribution in [0.1, 0.15) is 28.7 Å². The normalized spacial score (nSPS) is 17.9. The van der Waals surface area contributed by atoms with E-state index in [-0.39, 0.29) is 11.9 Å². The Morgan fingerprint density at radius 1 is 1.44 bits per heavy atom. The Labute approximate surface area is 105 Å². The van der Waals surface area contributed by atoms with E-state index in [0.29, 0.717) is 5.76 Å². The molecule has 0 N–H and O–H groups in total. The van der Waals surface area contributed by atoms with Crippen molar-refractivity contribution in [1.29, 1.82) is 0 Å². The third-order valence-electron chi connectivity index (χ3n) is 3.26. The number of carbonyl (C=O) groups is 1. The molecule has 92 valence electrons. The molecule has 3 rings (SSSR count). The molecule has 18 heavy (non-hydrogen) atoms. The number of rotatable bonds is 1. The number of benzene rings is 1. The number of hydrogen-bond donors (Lipinski definition) is 0. The van der Waals surface area contributed by atoms with Gasteiger partial charge in [-0.05, 0) is 31.9 Å². The number of aryl methyl sites for hydroxylation is 1. The molecule has 2 heterocycles. The lowest BCUT2D eigenvalue weighted by Gasteiger charge is -2.20. The van der Waals surface area contributed by atoms with Crippen molar-refractivity contribution in [2.75, 3.05) is 4.90 Å². The van der Waals surface area contributed by atoms with Crippen LogP contribution in [0.2, 0.25) is 0 Å². The van der Waals surface area contributed by atoms with Gasteiger partial charge in [-0.1, -0.05) is 23.4 Å². The smallest absolute Gasteiger partial charge is 0.297 e. The van der Waals surface area contributed by atoms with Crippen molar-refractivity contribution in [3.63, 3.8) is 0 Å². The molecule has 1 aliphatic rings. The lowest BCUT2D eigenvalue weighted by atomic mass is 10.1. The predicted octanol–water partition coefficient (Wildman–Crippen LogP) is 2.57. The summed E-state index contributed by atoms with van der Waals surface area (Å²) in [7, 11) is 0. The van der Waals surface area contributed by atoms with Crippen LogP contribution < -0.4 is 4.90 Å². The predicted molar refractivity (Wildman–Crippen MR) is 67.7 cm³/mol. The van der Waals surface area contributed by atoms with Gasteiger partial charge in [0.15, 0.2) is 0 Å². The second-order valence-corrected chi connectivity index (χ2v) is 4.69. The van der Waals surface area contributed by atoms with Gasteiger partial charge in [-0.25, -0.2) is 0 Å². The van der Waals surface area contributed by atoms with Crippen molar-refractivity contribution in [3.05, 3.63) is 47.3 Å². The first kappa shape index (κ1) is 11.0. The van der Waals surface area contributed by atoms with Crippen molar-refractivity contribution >= 4 is 11.6 Å². The molecule has 1 aromatic heterocycles. The Balaban J connectivity index is 2.00. The number of aromatic nitrogens is 1. The summed E-state index contributed by atoms with van der Waals surface area (Å²) in [6.07, 6.45) is 0.884. The van der Waals surface area contributed by atoms with Gasteiger partial charge in [0.05, 0.1) is 5.69 Å². The molecule has 1 atom stereocenters. The van der Waals surface area contributed by atoms with Crippen LogP contribution >= 0.6 is 0 Å². The lowest BCUT2D eigenvalue weighted by molar-refractivity contribution is 0.0945. The maximum atomic E-state index is 12.4. The fourth-order valence-electron chi connectivity index (χ4n) is 2.46. The molecule has 0 spiro atoms. The number of hydrogen-bond acceptors (Lipinski definition) is 3. The van der Waals surface area contributed by atoms with Gasteiger partial charge in [0.25, 0.3) is 5.91 Å². The van der Waals surface area contributed by atoms with Gasteiger partial charge < -0.3 is 9.42 Å². The van der Waals surface area contributed by atoms with Crippen molar-refractivity contribution in [2.45, 2.75) is 26.3 Å². The number of para-hydroxylation sites is 1. The highest BCUT2D eigenvalue weighted by Crippen LogP contribution is 2.32. The minimum Gasteiger partial charge on any atom is -0.351 e. The van der Waals surface area contributed by atoms with Crippen molar-refractivity contribution < 1.29 is 9.32 Å². The van der Waals surface area contributed by atoms with Crippen LogP contribution in [0.3, 0.4) is 0 Å². The molecule has 4 heteroatoms. The largest absolute Gasteiger partial charge is 0.351 e. The molecule has 0 bridgehead atoms. The highest BCUT2D eigenvalue weighted by atomic mass is 16.5. The zero-order valence-electron chi connectivity index (χ0n) is 10.4. The molecule has 0 fully saturated rings. The average molecular weight is 242 g/mol. The standard InChI is InChI=1S/C14H14N2O2/c1-9-7-13(18-15-9)14(17)16-10(2)8-11-5-3-4-6-12(11)16/h3-7,10H,8H2,1-2H3. The van der Waals surface area contributed by atoms with Crippen molar-refractivity contribution in [1.82, 2.24) is 5.16 Å². The van der Waals surface area contributed by atoms with Gasteiger partial charge >= 0.3 is 0 Å². The summed E-state index contributed by atoms with van der Waals surface area (Å²) in [5, 5.41) is 3.77. The molecule has 0 radical (unpaired) electrons. The van der Waals surface area contributed by atoms with Gasteiger partial charge in [0.1, 0.15) is 0 Å². The second kappa shape index (κ2) is 3.98. The quantitative estimate of drug-likeness (QED) is 0.772. The van der Waals surface area contributed by atoms with Crippen molar-refractivity contribution in [3.8, 4) is 0 Å². The fourth-order valence-corrected chi connectivity index (χ4v) is 2.46. The highest BCUT2D eigenvalue weighted by molar-refractivity contribution is 6.06. The summed E-state index contributed by atoms with van der Waals surface area (Å²) in [6, 6.07) is 9.81. The highest BCUT2D eigenvalue weighted by Gasteiger charge is 2.32. The van der Waals surface area contributed by atoms with Gasteiger partial charge in [-0.2, -0.15) is 0 Å². The van der Waals surface area contributed by atoms with Gasteiger partial charge in [0, 0.05) is 17.8 Å². The maximum Gasteiger partial charge on any atom is 0.297 e. The molecule has 1 amide bonds. The minimum atomic E-state index is -0.118. The van der Waals surface area contributed by atoms with Crippen molar-refractivity contribution in [2.24, 2.45) is 0 Å². The first-order chi connectivity index (χ1) is 8.66. The average Bonchev–Trinajstić information content (AvgIpc) is 2.91. The van der Waals surface area contributed by atoms with Gasteiger partial charge in [-0.15, -0.1) is 0 Å². The van der Waals surface area contributed by atoms with Crippen LogP contribution in [0.4, 0.5) is 5.69 Å². The third-order valence-corrected chi connectivity index (χ3v) is 3.26. The Morgan fingerprint density at radius 3 is 2.94 bits per heavy atom. The monoisotopic (exact) mass is 242 g/mol. The Morgan fingerprint density at radius 2 is 2.22 bits per heavy atom. The van der Waals surface area contributed by atoms with Crippen LogP contribution in [-0.4, -0.2) is 17.1 Å². The number of anilines is 1. The lowest BCUT2D eigenvalue weighted by Crippen LogP contribution is -2.35. The molecular formula is C14H14N2O2. The van der Waals surface area contributed by atoms with Crippen LogP contribution in [-0.2, 0) is 6.42 Å². The molecule has 0 aliphatic carbocycles. The van der Waals surface area contributed by atoms with Gasteiger partial charge in [0.2, 0.25) is 5.76 Å². The maximum absolute atomic E-state index is 12.4. The Kier molecular flexibility index (Phi) is 2.44. The molecule has 0 saturated heterocycles. The third kappa shape index (κ3) is 1.61. The first-order valence-electron chi connectivity index (χ1n) is 6.01. The molecule has 2 aromatic rings. The van der Waals surface area contributed by atoms with Crippen LogP contribution in [0, 0.1) is 6.92 Å². The van der Waals surface area contributed by atoms with E-state index < -0.39 is 0 Å². The van der Waals surface area contributed by atoms with E-state index in [0.717, 1.165) is 17.8 Å². The van der Waals surface area contributed by atoms with E-state index in [1.807, 2.05) is 32.0 Å². The summed E-state index contributed by atoms with van der Waals surface area (Å²) < 4.78 is 5.06. The van der Waals surface area contributed by atoms with E-state index in [2.05, 4.69) is 11.2 Å². The summed E-state index contributed by atoms with van der Waals surface area (Å²) in [5.41, 5.74) is 2.90. The minimum absolute atomic E-state index is 0.118. The van der Waals surface area contributed by atoms with Crippen LogP contribution in [0.25, 0.3) is 0 Å². The second-order valence-electron chi connectivity index (χ2n) is 4.69. The van der Waals surface area contributed by atoms with E-state index in [9.17, 15) is 4.79 Å². The number of nitrogens with zero attached hydrogens (tertiary/aromatic N) is 2. The van der Waals surface area contributed by atoms with E-state index in [1.54, 1.807) is 11.0 Å². The van der Waals surface area contributed by atoms with Crippen LogP contribution in [0.5, 0.6) is 0 Å². The molecule has 1 unspecified atom stereocenters. The molecule has 1 aliphatic heterocycles. The summed E-state index contributed by atoms with van der Waals surface area (Å²) in [5.74, 6) is 0.184. The zero-order valence-corrected chi connectivity index (χ0v) is 10.4. The van der Waals surface area contributed by atoms with E-state index >= 15 is 0 Å². The Hall–Kier alpha value is -2.10. The fraction of sp³-hybridized carbons (Fsp3) is 0.286. The summed E-state index contributed by atoms with van der Waals surface area (Å²) >= 11 is 0. The van der Waals surface area contributed by atoms with Gasteiger partial charge in [-0.3, -0.25) is 4.79 Å². The molecule has 4 nitrogen and oxygen atoms in total. The topological polar surface area (TPSA) is 46.3 Å². The molecule has 1 aromatic carbocycles. The van der Waals surface area contributed by atoms with E-state index in [4.69, 9.17) is 4.52 Å².